The summed E-state index contributed by atoms with van der Waals surface area (Å²) in [6, 6.07) is 10.8. The second-order valence-corrected chi connectivity index (χ2v) is 10.4. The minimum Gasteiger partial charge on any atom is -0.494 e. The van der Waals surface area contributed by atoms with Gasteiger partial charge in [-0.15, -0.1) is 0 Å². The molecule has 1 aromatic carbocycles. The molecule has 2 aromatic heterocycles. The Morgan fingerprint density at radius 3 is 2.57 bits per heavy atom. The number of hydrogen-bond acceptors (Lipinski definition) is 3. The number of aromatic amines is 1. The van der Waals surface area contributed by atoms with E-state index < -0.39 is 0 Å². The highest BCUT2D eigenvalue weighted by molar-refractivity contribution is 5.89. The van der Waals surface area contributed by atoms with Gasteiger partial charge in [0.15, 0.2) is 0 Å². The van der Waals surface area contributed by atoms with Crippen LogP contribution >= 0.6 is 0 Å². The molecule has 2 amide bonds. The SMILES string of the molecule is C[C](C)CCOc1ccc(-c2[nH]c3ncc(C)cc3c2C2CCCN(C(=O)N3CCCC3)C2)cc1. The maximum Gasteiger partial charge on any atom is 0.320 e. The maximum atomic E-state index is 13.2. The number of amides is 2. The van der Waals surface area contributed by atoms with Crippen molar-refractivity contribution in [1.82, 2.24) is 19.8 Å². The molecule has 0 saturated carbocycles. The summed E-state index contributed by atoms with van der Waals surface area (Å²) < 4.78 is 5.93. The van der Waals surface area contributed by atoms with Crippen molar-refractivity contribution in [2.45, 2.75) is 58.8 Å². The first-order chi connectivity index (χ1) is 17.0. The zero-order valence-electron chi connectivity index (χ0n) is 21.3. The Balaban J connectivity index is 1.44. The summed E-state index contributed by atoms with van der Waals surface area (Å²) in [5, 5.41) is 1.18. The van der Waals surface area contributed by atoms with Gasteiger partial charge in [-0.3, -0.25) is 0 Å². The normalized spacial score (nSPS) is 18.6. The fourth-order valence-corrected chi connectivity index (χ4v) is 5.43. The number of pyridine rings is 1. The first-order valence-corrected chi connectivity index (χ1v) is 13.0. The van der Waals surface area contributed by atoms with Crippen LogP contribution in [0.2, 0.25) is 0 Å². The van der Waals surface area contributed by atoms with Gasteiger partial charge in [0.2, 0.25) is 0 Å². The summed E-state index contributed by atoms with van der Waals surface area (Å²) in [5.41, 5.74) is 5.60. The van der Waals surface area contributed by atoms with Crippen molar-refractivity contribution in [3.05, 3.63) is 53.6 Å². The van der Waals surface area contributed by atoms with E-state index in [1.165, 1.54) is 16.9 Å². The van der Waals surface area contributed by atoms with Crippen LogP contribution in [0.3, 0.4) is 0 Å². The number of aryl methyl sites for hydroxylation is 1. The van der Waals surface area contributed by atoms with Gasteiger partial charge >= 0.3 is 6.03 Å². The van der Waals surface area contributed by atoms with E-state index in [-0.39, 0.29) is 11.9 Å². The van der Waals surface area contributed by atoms with Crippen molar-refractivity contribution in [1.29, 1.82) is 0 Å². The number of ether oxygens (including phenoxy) is 1. The summed E-state index contributed by atoms with van der Waals surface area (Å²) in [6.07, 6.45) is 7.22. The molecule has 2 aliphatic heterocycles. The molecule has 1 radical (unpaired) electrons. The van der Waals surface area contributed by atoms with Crippen molar-refractivity contribution in [3.8, 4) is 17.0 Å². The van der Waals surface area contributed by atoms with E-state index in [1.807, 2.05) is 11.1 Å². The van der Waals surface area contributed by atoms with E-state index in [2.05, 4.69) is 61.0 Å². The number of rotatable bonds is 6. The van der Waals surface area contributed by atoms with Gasteiger partial charge in [-0.1, -0.05) is 13.8 Å². The standard InChI is InChI=1S/C29H37N4O2/c1-20(2)12-16-35-24-10-8-22(9-11-24)27-26(25-17-21(3)18-30-28(25)31-27)23-7-6-15-33(19-23)29(34)32-13-4-5-14-32/h8-11,17-18,23H,4-7,12-16,19H2,1-3H3,(H,30,31). The van der Waals surface area contributed by atoms with E-state index >= 15 is 0 Å². The molecule has 6 nitrogen and oxygen atoms in total. The third kappa shape index (κ3) is 5.16. The molecule has 5 rings (SSSR count). The van der Waals surface area contributed by atoms with E-state index in [0.29, 0.717) is 6.61 Å². The molecule has 35 heavy (non-hydrogen) atoms. The zero-order valence-corrected chi connectivity index (χ0v) is 21.3. The predicted octanol–water partition coefficient (Wildman–Crippen LogP) is 6.32. The van der Waals surface area contributed by atoms with Gasteiger partial charge in [0.05, 0.1) is 12.3 Å². The van der Waals surface area contributed by atoms with Gasteiger partial charge < -0.3 is 19.5 Å². The lowest BCUT2D eigenvalue weighted by molar-refractivity contribution is 0.147. The number of fused-ring (bicyclic) bond motifs is 1. The fourth-order valence-electron chi connectivity index (χ4n) is 5.43. The lowest BCUT2D eigenvalue weighted by Crippen LogP contribution is -2.46. The van der Waals surface area contributed by atoms with E-state index in [1.54, 1.807) is 0 Å². The Labute approximate surface area is 208 Å². The number of urea groups is 1. The smallest absolute Gasteiger partial charge is 0.320 e. The number of nitrogens with zero attached hydrogens (tertiary/aromatic N) is 3. The number of carbonyl (C=O) groups is 1. The highest BCUT2D eigenvalue weighted by atomic mass is 16.5. The zero-order chi connectivity index (χ0) is 24.4. The number of piperidine rings is 1. The van der Waals surface area contributed by atoms with Gasteiger partial charge in [0, 0.05) is 43.7 Å². The van der Waals surface area contributed by atoms with E-state index in [9.17, 15) is 4.79 Å². The van der Waals surface area contributed by atoms with Crippen LogP contribution in [-0.2, 0) is 0 Å². The number of nitrogens with one attached hydrogen (secondary N) is 1. The Hall–Kier alpha value is -3.02. The van der Waals surface area contributed by atoms with Gasteiger partial charge in [0.1, 0.15) is 11.4 Å². The van der Waals surface area contributed by atoms with Crippen LogP contribution in [0.1, 0.15) is 63.0 Å². The van der Waals surface area contributed by atoms with Crippen LogP contribution in [0.25, 0.3) is 22.3 Å². The summed E-state index contributed by atoms with van der Waals surface area (Å²) >= 11 is 0. The Morgan fingerprint density at radius 2 is 1.83 bits per heavy atom. The first kappa shape index (κ1) is 23.7. The van der Waals surface area contributed by atoms with Crippen LogP contribution in [0.15, 0.2) is 36.5 Å². The second-order valence-electron chi connectivity index (χ2n) is 10.4. The minimum absolute atomic E-state index is 0.212. The van der Waals surface area contributed by atoms with Crippen LogP contribution < -0.4 is 4.74 Å². The quantitative estimate of drug-likeness (QED) is 0.456. The largest absolute Gasteiger partial charge is 0.494 e. The number of likely N-dealkylation sites (tertiary alicyclic amines) is 2. The lowest BCUT2D eigenvalue weighted by Gasteiger charge is -2.35. The Morgan fingerprint density at radius 1 is 1.09 bits per heavy atom. The van der Waals surface area contributed by atoms with Crippen molar-refractivity contribution in [2.24, 2.45) is 0 Å². The molecule has 6 heteroatoms. The average Bonchev–Trinajstić information content (AvgIpc) is 3.52. The number of aromatic nitrogens is 2. The maximum absolute atomic E-state index is 13.2. The van der Waals surface area contributed by atoms with Gasteiger partial charge in [-0.05, 0) is 92.0 Å². The van der Waals surface area contributed by atoms with Crippen LogP contribution in [-0.4, -0.2) is 58.6 Å². The molecule has 2 saturated heterocycles. The molecule has 0 spiro atoms. The predicted molar refractivity (Wildman–Crippen MR) is 141 cm³/mol. The van der Waals surface area contributed by atoms with Crippen LogP contribution in [0.5, 0.6) is 5.75 Å². The van der Waals surface area contributed by atoms with Crippen molar-refractivity contribution in [3.63, 3.8) is 0 Å². The summed E-state index contributed by atoms with van der Waals surface area (Å²) in [4.78, 5) is 25.6. The van der Waals surface area contributed by atoms with E-state index in [0.717, 1.165) is 86.5 Å². The van der Waals surface area contributed by atoms with Crippen molar-refractivity contribution >= 4 is 17.1 Å². The minimum atomic E-state index is 0.212. The van der Waals surface area contributed by atoms with Crippen molar-refractivity contribution < 1.29 is 9.53 Å². The molecular formula is C29H37N4O2. The van der Waals surface area contributed by atoms with E-state index in [4.69, 9.17) is 9.72 Å². The molecule has 0 aliphatic carbocycles. The molecule has 1 atom stereocenters. The summed E-state index contributed by atoms with van der Waals surface area (Å²) in [5.74, 6) is 2.54. The first-order valence-electron chi connectivity index (χ1n) is 13.0. The average molecular weight is 474 g/mol. The van der Waals surface area contributed by atoms with Crippen LogP contribution in [0, 0.1) is 12.8 Å². The van der Waals surface area contributed by atoms with Crippen molar-refractivity contribution in [2.75, 3.05) is 32.8 Å². The molecule has 4 heterocycles. The fraction of sp³-hybridized carbons (Fsp3) is 0.483. The molecule has 185 valence electrons. The molecule has 3 aromatic rings. The highest BCUT2D eigenvalue weighted by Crippen LogP contribution is 2.40. The summed E-state index contributed by atoms with van der Waals surface area (Å²) in [7, 11) is 0. The summed E-state index contributed by atoms with van der Waals surface area (Å²) in [6.45, 7) is 10.5. The second kappa shape index (κ2) is 10.3. The number of hydrogen-bond donors (Lipinski definition) is 1. The van der Waals surface area contributed by atoms with Gasteiger partial charge in [0.25, 0.3) is 0 Å². The molecule has 1 unspecified atom stereocenters. The lowest BCUT2D eigenvalue weighted by atomic mass is 9.87. The third-order valence-corrected chi connectivity index (χ3v) is 7.32. The molecule has 2 aliphatic rings. The Kier molecular flexibility index (Phi) is 6.98. The molecule has 2 fully saturated rings. The number of H-pyrrole nitrogens is 1. The number of carbonyl (C=O) groups excluding carboxylic acids is 1. The molecule has 0 bridgehead atoms. The third-order valence-electron chi connectivity index (χ3n) is 7.32. The highest BCUT2D eigenvalue weighted by Gasteiger charge is 2.32. The topological polar surface area (TPSA) is 61.5 Å². The Bertz CT molecular complexity index is 1160. The van der Waals surface area contributed by atoms with Gasteiger partial charge in [-0.2, -0.15) is 0 Å². The molecule has 1 N–H and O–H groups in total. The van der Waals surface area contributed by atoms with Crippen LogP contribution in [0.4, 0.5) is 4.79 Å². The number of benzene rings is 1. The monoisotopic (exact) mass is 473 g/mol. The van der Waals surface area contributed by atoms with Gasteiger partial charge in [-0.25, -0.2) is 9.78 Å². The molecular weight excluding hydrogens is 436 g/mol.